The van der Waals surface area contributed by atoms with E-state index in [0.717, 1.165) is 17.0 Å². The fourth-order valence-corrected chi connectivity index (χ4v) is 3.86. The zero-order valence-corrected chi connectivity index (χ0v) is 18.0. The molecule has 158 valence electrons. The lowest BCUT2D eigenvalue weighted by Crippen LogP contribution is -2.44. The average Bonchev–Trinajstić information content (AvgIpc) is 3.08. The van der Waals surface area contributed by atoms with E-state index in [-0.39, 0.29) is 24.0 Å². The van der Waals surface area contributed by atoms with Crippen LogP contribution in [0.15, 0.2) is 90.0 Å². The lowest BCUT2D eigenvalue weighted by atomic mass is 9.78. The molecule has 0 saturated carbocycles. The van der Waals surface area contributed by atoms with E-state index >= 15 is 0 Å². The van der Waals surface area contributed by atoms with Gasteiger partial charge in [0.05, 0.1) is 30.1 Å². The van der Waals surface area contributed by atoms with E-state index in [2.05, 4.69) is 26.0 Å². The van der Waals surface area contributed by atoms with Gasteiger partial charge in [0.1, 0.15) is 12.4 Å². The fourth-order valence-electron chi connectivity index (χ4n) is 3.86. The van der Waals surface area contributed by atoms with Gasteiger partial charge in [0, 0.05) is 5.41 Å². The van der Waals surface area contributed by atoms with Crippen molar-refractivity contribution < 1.29 is 14.3 Å². The molecule has 0 radical (unpaired) electrons. The number of ether oxygens (including phenoxy) is 2. The van der Waals surface area contributed by atoms with E-state index < -0.39 is 0 Å². The average molecular weight is 415 g/mol. The largest absolute Gasteiger partial charge is 0.497 e. The summed E-state index contributed by atoms with van der Waals surface area (Å²) in [6.07, 6.45) is 0. The molecule has 1 unspecified atom stereocenters. The highest BCUT2D eigenvalue weighted by molar-refractivity contribution is 6.07. The Morgan fingerprint density at radius 2 is 1.55 bits per heavy atom. The quantitative estimate of drug-likeness (QED) is 0.522. The summed E-state index contributed by atoms with van der Waals surface area (Å²) < 4.78 is 10.9. The number of carbonyl (C=O) groups excluding carboxylic acids is 1. The van der Waals surface area contributed by atoms with Crippen LogP contribution < -0.4 is 9.75 Å². The van der Waals surface area contributed by atoms with Crippen molar-refractivity contribution in [2.45, 2.75) is 19.9 Å². The van der Waals surface area contributed by atoms with Crippen molar-refractivity contribution in [3.63, 3.8) is 0 Å². The van der Waals surface area contributed by atoms with E-state index in [4.69, 9.17) is 14.6 Å². The number of benzene rings is 3. The maximum atomic E-state index is 12.7. The van der Waals surface area contributed by atoms with Gasteiger partial charge in [-0.15, -0.1) is 0 Å². The Labute approximate surface area is 182 Å². The molecule has 3 aromatic rings. The molecule has 1 aliphatic heterocycles. The zero-order valence-electron chi connectivity index (χ0n) is 18.0. The summed E-state index contributed by atoms with van der Waals surface area (Å²) in [7, 11) is 1.60. The summed E-state index contributed by atoms with van der Waals surface area (Å²) in [5, 5.41) is 6.95. The Hall–Kier alpha value is -3.60. The summed E-state index contributed by atoms with van der Waals surface area (Å²) in [6.45, 7) is 4.51. The Morgan fingerprint density at radius 3 is 2.16 bits per heavy atom. The zero-order chi connectivity index (χ0) is 21.8. The minimum Gasteiger partial charge on any atom is -0.497 e. The SMILES string of the molecule is COc1ccc(C(=O)OCC2N(c3ccccc3)N=C(c3ccccc3)C2(C)C)cc1. The summed E-state index contributed by atoms with van der Waals surface area (Å²) in [5.41, 5.74) is 3.16. The molecule has 3 aromatic carbocycles. The van der Waals surface area contributed by atoms with Crippen molar-refractivity contribution in [2.24, 2.45) is 10.5 Å². The van der Waals surface area contributed by atoms with Crippen molar-refractivity contribution in [2.75, 3.05) is 18.7 Å². The topological polar surface area (TPSA) is 51.1 Å². The molecule has 5 nitrogen and oxygen atoms in total. The first kappa shape index (κ1) is 20.7. The van der Waals surface area contributed by atoms with Gasteiger partial charge in [-0.25, -0.2) is 4.79 Å². The number of carbonyl (C=O) groups is 1. The number of hydrogen-bond acceptors (Lipinski definition) is 5. The lowest BCUT2D eigenvalue weighted by Gasteiger charge is -2.32. The van der Waals surface area contributed by atoms with Gasteiger partial charge in [-0.3, -0.25) is 5.01 Å². The standard InChI is InChI=1S/C26H26N2O3/c1-26(2)23(18-31-25(29)20-14-16-22(30-3)17-15-20)28(21-12-8-5-9-13-21)27-24(26)19-10-6-4-7-11-19/h4-17,23H,18H2,1-3H3. The van der Waals surface area contributed by atoms with Gasteiger partial charge in [0.25, 0.3) is 0 Å². The van der Waals surface area contributed by atoms with Gasteiger partial charge >= 0.3 is 5.97 Å². The molecule has 0 aromatic heterocycles. The molecule has 1 atom stereocenters. The molecular formula is C26H26N2O3. The summed E-state index contributed by atoms with van der Waals surface area (Å²) in [5.74, 6) is 0.337. The predicted molar refractivity (Wildman–Crippen MR) is 123 cm³/mol. The number of rotatable bonds is 6. The number of hydrogen-bond donors (Lipinski definition) is 0. The molecule has 0 N–H and O–H groups in total. The van der Waals surface area contributed by atoms with Crippen LogP contribution >= 0.6 is 0 Å². The van der Waals surface area contributed by atoms with Crippen molar-refractivity contribution in [3.8, 4) is 5.75 Å². The molecule has 1 heterocycles. The van der Waals surface area contributed by atoms with E-state index in [1.54, 1.807) is 31.4 Å². The van der Waals surface area contributed by atoms with Gasteiger partial charge in [0.15, 0.2) is 0 Å². The first-order valence-corrected chi connectivity index (χ1v) is 10.3. The summed E-state index contributed by atoms with van der Waals surface area (Å²) in [6, 6.07) is 26.9. The maximum Gasteiger partial charge on any atom is 0.338 e. The first-order valence-electron chi connectivity index (χ1n) is 10.3. The smallest absolute Gasteiger partial charge is 0.338 e. The molecule has 1 aliphatic rings. The third-order valence-electron chi connectivity index (χ3n) is 5.71. The van der Waals surface area contributed by atoms with Gasteiger partial charge in [-0.2, -0.15) is 5.10 Å². The fraction of sp³-hybridized carbons (Fsp3) is 0.231. The molecule has 0 fully saturated rings. The van der Waals surface area contributed by atoms with Crippen molar-refractivity contribution >= 4 is 17.4 Å². The van der Waals surface area contributed by atoms with Crippen molar-refractivity contribution in [1.29, 1.82) is 0 Å². The van der Waals surface area contributed by atoms with Crippen molar-refractivity contribution in [3.05, 3.63) is 96.1 Å². The van der Waals surface area contributed by atoms with Crippen LogP contribution in [0.3, 0.4) is 0 Å². The third-order valence-corrected chi connectivity index (χ3v) is 5.71. The van der Waals surface area contributed by atoms with Crippen LogP contribution in [0.2, 0.25) is 0 Å². The van der Waals surface area contributed by atoms with Crippen LogP contribution in [0.4, 0.5) is 5.69 Å². The van der Waals surface area contributed by atoms with Gasteiger partial charge in [0.2, 0.25) is 0 Å². The van der Waals surface area contributed by atoms with Crippen LogP contribution in [0.5, 0.6) is 5.75 Å². The van der Waals surface area contributed by atoms with E-state index in [1.807, 2.05) is 53.5 Å². The molecule has 0 aliphatic carbocycles. The molecule has 4 rings (SSSR count). The molecule has 5 heteroatoms. The molecule has 0 spiro atoms. The van der Waals surface area contributed by atoms with Gasteiger partial charge in [-0.1, -0.05) is 62.4 Å². The summed E-state index contributed by atoms with van der Waals surface area (Å²) in [4.78, 5) is 12.7. The van der Waals surface area contributed by atoms with E-state index in [0.29, 0.717) is 11.3 Å². The van der Waals surface area contributed by atoms with E-state index in [1.165, 1.54) is 0 Å². The molecule has 0 saturated heterocycles. The Bertz CT molecular complexity index is 1060. The van der Waals surface area contributed by atoms with E-state index in [9.17, 15) is 4.79 Å². The minimum absolute atomic E-state index is 0.146. The maximum absolute atomic E-state index is 12.7. The Kier molecular flexibility index (Phi) is 5.76. The highest BCUT2D eigenvalue weighted by atomic mass is 16.5. The van der Waals surface area contributed by atoms with Crippen LogP contribution in [-0.4, -0.2) is 31.4 Å². The van der Waals surface area contributed by atoms with Crippen LogP contribution in [-0.2, 0) is 4.74 Å². The van der Waals surface area contributed by atoms with Crippen LogP contribution in [0, 0.1) is 5.41 Å². The highest BCUT2D eigenvalue weighted by Gasteiger charge is 2.46. The second-order valence-electron chi connectivity index (χ2n) is 8.06. The van der Waals surface area contributed by atoms with Gasteiger partial charge < -0.3 is 9.47 Å². The second kappa shape index (κ2) is 8.64. The number of para-hydroxylation sites is 1. The van der Waals surface area contributed by atoms with Crippen LogP contribution in [0.25, 0.3) is 0 Å². The number of methoxy groups -OCH3 is 1. The highest BCUT2D eigenvalue weighted by Crippen LogP contribution is 2.39. The monoisotopic (exact) mass is 414 g/mol. The number of hydrazone groups is 1. The lowest BCUT2D eigenvalue weighted by molar-refractivity contribution is 0.0450. The van der Waals surface area contributed by atoms with Crippen LogP contribution in [0.1, 0.15) is 29.8 Å². The number of nitrogens with zero attached hydrogens (tertiary/aromatic N) is 2. The second-order valence-corrected chi connectivity index (χ2v) is 8.06. The Balaban J connectivity index is 1.60. The molecular weight excluding hydrogens is 388 g/mol. The Morgan fingerprint density at radius 1 is 0.935 bits per heavy atom. The molecule has 31 heavy (non-hydrogen) atoms. The normalized spacial score (nSPS) is 17.2. The number of anilines is 1. The number of esters is 1. The molecule has 0 amide bonds. The molecule has 0 bridgehead atoms. The minimum atomic E-state index is -0.361. The van der Waals surface area contributed by atoms with Gasteiger partial charge in [-0.05, 0) is 42.0 Å². The van der Waals surface area contributed by atoms with Crippen molar-refractivity contribution in [1.82, 2.24) is 0 Å². The summed E-state index contributed by atoms with van der Waals surface area (Å²) >= 11 is 0. The predicted octanol–water partition coefficient (Wildman–Crippen LogP) is 5.17. The third kappa shape index (κ3) is 4.17. The first-order chi connectivity index (χ1) is 15.0.